The highest BCUT2D eigenvalue weighted by Gasteiger charge is 2.22. The molecular formula is C21H21FN6. The van der Waals surface area contributed by atoms with Crippen LogP contribution in [-0.2, 0) is 0 Å². The molecule has 4 aromatic rings. The number of halogens is 1. The maximum atomic E-state index is 14.1. The normalized spacial score (nSPS) is 19.9. The molecule has 4 N–H and O–H groups in total. The van der Waals surface area contributed by atoms with E-state index < -0.39 is 0 Å². The fourth-order valence-electron chi connectivity index (χ4n) is 4.07. The lowest BCUT2D eigenvalue weighted by atomic mass is 9.91. The van der Waals surface area contributed by atoms with Crippen LogP contribution in [0.3, 0.4) is 0 Å². The Morgan fingerprint density at radius 3 is 2.89 bits per heavy atom. The number of aromatic nitrogens is 4. The standard InChI is InChI=1S/C21H21FN6/c22-16-5-3-4-13-14(11-25-20(13)16)15-10-24-8-12-9-26-21(28-19(12)15)27-18-7-2-1-6-17(18)23/h3-5,8-11,17-18,25H,1-2,6-7,23H2,(H,26,27,28). The number of hydrogen-bond donors (Lipinski definition) is 3. The molecule has 1 fully saturated rings. The molecule has 1 saturated carbocycles. The predicted octanol–water partition coefficient (Wildman–Crippen LogP) is 3.99. The number of benzene rings is 1. The predicted molar refractivity (Wildman–Crippen MR) is 108 cm³/mol. The van der Waals surface area contributed by atoms with Crippen LogP contribution in [0.1, 0.15) is 25.7 Å². The summed E-state index contributed by atoms with van der Waals surface area (Å²) in [6.07, 6.45) is 11.4. The van der Waals surface area contributed by atoms with Gasteiger partial charge in [-0.15, -0.1) is 0 Å². The second kappa shape index (κ2) is 6.83. The molecule has 1 aliphatic rings. The van der Waals surface area contributed by atoms with Crippen LogP contribution in [0, 0.1) is 5.82 Å². The molecule has 6 nitrogen and oxygen atoms in total. The molecule has 7 heteroatoms. The van der Waals surface area contributed by atoms with E-state index in [4.69, 9.17) is 10.7 Å². The van der Waals surface area contributed by atoms with Gasteiger partial charge in [0.25, 0.3) is 0 Å². The van der Waals surface area contributed by atoms with E-state index in [0.29, 0.717) is 11.5 Å². The number of pyridine rings is 1. The third kappa shape index (κ3) is 2.88. The van der Waals surface area contributed by atoms with Gasteiger partial charge in [-0.05, 0) is 18.9 Å². The number of aromatic amines is 1. The fraction of sp³-hybridized carbons (Fsp3) is 0.286. The van der Waals surface area contributed by atoms with E-state index in [1.807, 2.05) is 6.07 Å². The number of nitrogens with one attached hydrogen (secondary N) is 2. The minimum Gasteiger partial charge on any atom is -0.358 e. The van der Waals surface area contributed by atoms with Gasteiger partial charge in [0.2, 0.25) is 5.95 Å². The number of hydrogen-bond acceptors (Lipinski definition) is 5. The highest BCUT2D eigenvalue weighted by Crippen LogP contribution is 2.33. The molecule has 2 atom stereocenters. The molecule has 0 spiro atoms. The Kier molecular flexibility index (Phi) is 4.16. The van der Waals surface area contributed by atoms with Crippen LogP contribution >= 0.6 is 0 Å². The van der Waals surface area contributed by atoms with Crippen molar-refractivity contribution in [3.05, 3.63) is 48.8 Å². The zero-order valence-corrected chi connectivity index (χ0v) is 15.3. The number of nitrogens with two attached hydrogens (primary N) is 1. The molecule has 0 amide bonds. The van der Waals surface area contributed by atoms with Crippen LogP contribution in [0.5, 0.6) is 0 Å². The third-order valence-electron chi connectivity index (χ3n) is 5.58. The Labute approximate surface area is 161 Å². The summed E-state index contributed by atoms with van der Waals surface area (Å²) in [7, 11) is 0. The molecule has 0 radical (unpaired) electrons. The molecule has 0 saturated heterocycles. The zero-order chi connectivity index (χ0) is 19.1. The first-order chi connectivity index (χ1) is 13.7. The van der Waals surface area contributed by atoms with E-state index in [1.165, 1.54) is 12.5 Å². The molecule has 3 heterocycles. The van der Waals surface area contributed by atoms with Gasteiger partial charge in [-0.25, -0.2) is 14.4 Å². The summed E-state index contributed by atoms with van der Waals surface area (Å²) in [6.45, 7) is 0. The molecule has 0 aliphatic heterocycles. The van der Waals surface area contributed by atoms with Gasteiger partial charge in [0.1, 0.15) is 5.82 Å². The minimum atomic E-state index is -0.278. The topological polar surface area (TPSA) is 92.5 Å². The van der Waals surface area contributed by atoms with Crippen molar-refractivity contribution in [2.24, 2.45) is 5.73 Å². The van der Waals surface area contributed by atoms with E-state index in [0.717, 1.165) is 46.7 Å². The monoisotopic (exact) mass is 376 g/mol. The van der Waals surface area contributed by atoms with Gasteiger partial charge in [-0.3, -0.25) is 4.98 Å². The molecule has 142 valence electrons. The first kappa shape index (κ1) is 17.1. The molecule has 5 rings (SSSR count). The molecule has 0 bridgehead atoms. The largest absolute Gasteiger partial charge is 0.358 e. The summed E-state index contributed by atoms with van der Waals surface area (Å²) >= 11 is 0. The minimum absolute atomic E-state index is 0.113. The van der Waals surface area contributed by atoms with Gasteiger partial charge in [0, 0.05) is 58.8 Å². The van der Waals surface area contributed by atoms with Crippen molar-refractivity contribution in [2.75, 3.05) is 5.32 Å². The van der Waals surface area contributed by atoms with E-state index in [9.17, 15) is 4.39 Å². The van der Waals surface area contributed by atoms with Crippen LogP contribution in [0.15, 0.2) is 43.0 Å². The van der Waals surface area contributed by atoms with Crippen molar-refractivity contribution in [3.8, 4) is 11.1 Å². The van der Waals surface area contributed by atoms with Gasteiger partial charge >= 0.3 is 0 Å². The van der Waals surface area contributed by atoms with Crippen LogP contribution in [0.25, 0.3) is 32.9 Å². The van der Waals surface area contributed by atoms with Crippen LogP contribution < -0.4 is 11.1 Å². The smallest absolute Gasteiger partial charge is 0.223 e. The SMILES string of the molecule is NC1CCCCC1Nc1ncc2cncc(-c3c[nH]c4c(F)cccc34)c2n1. The molecule has 3 aromatic heterocycles. The van der Waals surface area contributed by atoms with Gasteiger partial charge < -0.3 is 16.0 Å². The lowest BCUT2D eigenvalue weighted by Crippen LogP contribution is -2.42. The van der Waals surface area contributed by atoms with Crippen molar-refractivity contribution < 1.29 is 4.39 Å². The Morgan fingerprint density at radius 1 is 1.11 bits per heavy atom. The van der Waals surface area contributed by atoms with Gasteiger partial charge in [0.15, 0.2) is 0 Å². The number of H-pyrrole nitrogens is 1. The van der Waals surface area contributed by atoms with E-state index in [2.05, 4.69) is 20.3 Å². The first-order valence-electron chi connectivity index (χ1n) is 9.59. The maximum absolute atomic E-state index is 14.1. The number of rotatable bonds is 3. The Morgan fingerprint density at radius 2 is 2.00 bits per heavy atom. The van der Waals surface area contributed by atoms with Crippen LogP contribution in [-0.4, -0.2) is 32.0 Å². The average Bonchev–Trinajstić information content (AvgIpc) is 3.15. The van der Waals surface area contributed by atoms with Gasteiger partial charge in [-0.2, -0.15) is 0 Å². The first-order valence-corrected chi connectivity index (χ1v) is 9.59. The number of para-hydroxylation sites is 1. The number of nitrogens with zero attached hydrogens (tertiary/aromatic N) is 3. The molecule has 1 aromatic carbocycles. The Hall–Kier alpha value is -3.06. The van der Waals surface area contributed by atoms with Crippen molar-refractivity contribution in [1.82, 2.24) is 19.9 Å². The number of fused-ring (bicyclic) bond motifs is 2. The van der Waals surface area contributed by atoms with Crippen molar-refractivity contribution in [3.63, 3.8) is 0 Å². The highest BCUT2D eigenvalue weighted by molar-refractivity contribution is 6.03. The molecule has 2 unspecified atom stereocenters. The highest BCUT2D eigenvalue weighted by atomic mass is 19.1. The molecule has 28 heavy (non-hydrogen) atoms. The summed E-state index contributed by atoms with van der Waals surface area (Å²) < 4.78 is 14.1. The summed E-state index contributed by atoms with van der Waals surface area (Å²) in [6, 6.07) is 5.34. The van der Waals surface area contributed by atoms with Crippen molar-refractivity contribution in [2.45, 2.75) is 37.8 Å². The van der Waals surface area contributed by atoms with Crippen LogP contribution in [0.2, 0.25) is 0 Å². The quantitative estimate of drug-likeness (QED) is 0.503. The fourth-order valence-corrected chi connectivity index (χ4v) is 4.07. The van der Waals surface area contributed by atoms with E-state index in [1.54, 1.807) is 30.9 Å². The van der Waals surface area contributed by atoms with Gasteiger partial charge in [-0.1, -0.05) is 25.0 Å². The summed E-state index contributed by atoms with van der Waals surface area (Å²) in [5, 5.41) is 5.04. The third-order valence-corrected chi connectivity index (χ3v) is 5.58. The lowest BCUT2D eigenvalue weighted by molar-refractivity contribution is 0.402. The maximum Gasteiger partial charge on any atom is 0.223 e. The summed E-state index contributed by atoms with van der Waals surface area (Å²) in [5.41, 5.74) is 9.22. The van der Waals surface area contributed by atoms with Gasteiger partial charge in [0.05, 0.1) is 11.0 Å². The Bertz CT molecular complexity index is 1150. The molecule has 1 aliphatic carbocycles. The second-order valence-corrected chi connectivity index (χ2v) is 7.38. The molecular weight excluding hydrogens is 355 g/mol. The second-order valence-electron chi connectivity index (χ2n) is 7.38. The van der Waals surface area contributed by atoms with E-state index in [-0.39, 0.29) is 17.9 Å². The number of anilines is 1. The van der Waals surface area contributed by atoms with Crippen molar-refractivity contribution in [1.29, 1.82) is 0 Å². The Balaban J connectivity index is 1.60. The van der Waals surface area contributed by atoms with Crippen LogP contribution in [0.4, 0.5) is 10.3 Å². The van der Waals surface area contributed by atoms with E-state index >= 15 is 0 Å². The average molecular weight is 376 g/mol. The van der Waals surface area contributed by atoms with Crippen molar-refractivity contribution >= 4 is 27.8 Å². The lowest BCUT2D eigenvalue weighted by Gasteiger charge is -2.29. The summed E-state index contributed by atoms with van der Waals surface area (Å²) in [4.78, 5) is 16.6. The zero-order valence-electron chi connectivity index (χ0n) is 15.3. The summed E-state index contributed by atoms with van der Waals surface area (Å²) in [5.74, 6) is 0.286.